The van der Waals surface area contributed by atoms with Crippen LogP contribution in [0.5, 0.6) is 5.75 Å². The van der Waals surface area contributed by atoms with Gasteiger partial charge < -0.3 is 10.1 Å². The van der Waals surface area contributed by atoms with E-state index < -0.39 is 0 Å². The third-order valence-electron chi connectivity index (χ3n) is 6.79. The van der Waals surface area contributed by atoms with Crippen molar-refractivity contribution in [2.45, 2.75) is 76.7 Å². The molecule has 4 fully saturated rings. The predicted molar refractivity (Wildman–Crippen MR) is 107 cm³/mol. The molecule has 1 atom stereocenters. The van der Waals surface area contributed by atoms with Gasteiger partial charge in [0, 0.05) is 5.54 Å². The van der Waals surface area contributed by atoms with Gasteiger partial charge in [-0.3, -0.25) is 0 Å². The van der Waals surface area contributed by atoms with Crippen molar-refractivity contribution in [1.29, 1.82) is 0 Å². The summed E-state index contributed by atoms with van der Waals surface area (Å²) in [6, 6.07) is 8.50. The fourth-order valence-corrected chi connectivity index (χ4v) is 6.39. The molecule has 3 heteroatoms. The molecule has 136 valence electrons. The van der Waals surface area contributed by atoms with Crippen molar-refractivity contribution < 1.29 is 4.74 Å². The Bertz CT molecular complexity index is 588. The Morgan fingerprint density at radius 2 is 1.68 bits per heavy atom. The van der Waals surface area contributed by atoms with E-state index in [0.29, 0.717) is 11.1 Å². The maximum absolute atomic E-state index is 5.97. The van der Waals surface area contributed by atoms with Gasteiger partial charge in [-0.15, -0.1) is 0 Å². The van der Waals surface area contributed by atoms with Gasteiger partial charge in [-0.1, -0.05) is 32.4 Å². The largest absolute Gasteiger partial charge is 0.432 e. The smallest absolute Gasteiger partial charge is 0.262 e. The van der Waals surface area contributed by atoms with Crippen molar-refractivity contribution in [3.8, 4) is 5.75 Å². The molecule has 0 aliphatic heterocycles. The van der Waals surface area contributed by atoms with Crippen LogP contribution in [0, 0.1) is 17.8 Å². The van der Waals surface area contributed by atoms with Gasteiger partial charge in [0.2, 0.25) is 0 Å². The summed E-state index contributed by atoms with van der Waals surface area (Å²) in [5, 5.41) is 4.21. The van der Waals surface area contributed by atoms with Gasteiger partial charge in [0.25, 0.3) is 5.17 Å². The highest BCUT2D eigenvalue weighted by atomic mass is 32.1. The van der Waals surface area contributed by atoms with E-state index in [1.807, 2.05) is 0 Å². The zero-order chi connectivity index (χ0) is 17.4. The van der Waals surface area contributed by atoms with E-state index in [1.165, 1.54) is 56.9 Å². The Kier molecular flexibility index (Phi) is 4.79. The lowest BCUT2D eigenvalue weighted by atomic mass is 9.53. The van der Waals surface area contributed by atoms with Crippen LogP contribution in [0.25, 0.3) is 0 Å². The van der Waals surface area contributed by atoms with Crippen LogP contribution in [0.15, 0.2) is 24.3 Å². The average Bonchev–Trinajstić information content (AvgIpc) is 2.53. The van der Waals surface area contributed by atoms with E-state index in [0.717, 1.165) is 23.5 Å². The normalized spacial score (nSPS) is 33.9. The zero-order valence-corrected chi connectivity index (χ0v) is 16.4. The molecule has 1 N–H and O–H groups in total. The minimum atomic E-state index is 0.224. The van der Waals surface area contributed by atoms with E-state index >= 15 is 0 Å². The van der Waals surface area contributed by atoms with E-state index in [9.17, 15) is 0 Å². The third kappa shape index (κ3) is 3.72. The first-order valence-electron chi connectivity index (χ1n) is 10.2. The average molecular weight is 358 g/mol. The molecule has 4 bridgehead atoms. The lowest BCUT2D eigenvalue weighted by Crippen LogP contribution is -2.60. The Hall–Kier alpha value is -1.09. The molecule has 1 aromatic rings. The van der Waals surface area contributed by atoms with Crippen molar-refractivity contribution in [2.75, 3.05) is 0 Å². The van der Waals surface area contributed by atoms with Crippen LogP contribution < -0.4 is 10.1 Å². The first-order chi connectivity index (χ1) is 12.0. The monoisotopic (exact) mass is 357 g/mol. The Balaban J connectivity index is 1.36. The summed E-state index contributed by atoms with van der Waals surface area (Å²) in [6.07, 6.45) is 10.7. The molecule has 0 radical (unpaired) electrons. The zero-order valence-electron chi connectivity index (χ0n) is 15.6. The Labute approximate surface area is 157 Å². The second kappa shape index (κ2) is 6.90. The van der Waals surface area contributed by atoms with Gasteiger partial charge in [-0.05, 0) is 98.5 Å². The molecule has 0 heterocycles. The first-order valence-corrected chi connectivity index (χ1v) is 10.6. The molecule has 0 aromatic heterocycles. The predicted octanol–water partition coefficient (Wildman–Crippen LogP) is 5.81. The lowest BCUT2D eigenvalue weighted by Gasteiger charge is -2.57. The van der Waals surface area contributed by atoms with Crippen LogP contribution in [0.1, 0.15) is 76.7 Å². The van der Waals surface area contributed by atoms with Gasteiger partial charge >= 0.3 is 0 Å². The quantitative estimate of drug-likeness (QED) is 0.672. The summed E-state index contributed by atoms with van der Waals surface area (Å²) in [5.74, 6) is 4.22. The number of thiocarbonyl (C=S) groups is 1. The second-order valence-electron chi connectivity index (χ2n) is 8.97. The molecule has 5 rings (SSSR count). The standard InChI is InChI=1S/C22H31NOS/c1-3-4-15(2)19-5-7-20(8-6-19)24-21(25)23-22-12-16-9-17(13-22)11-18(10-16)14-22/h5-8,15-18H,3-4,9-14H2,1-2H3,(H,23,25). The lowest BCUT2D eigenvalue weighted by molar-refractivity contribution is -0.0114. The van der Waals surface area contributed by atoms with Crippen molar-refractivity contribution in [1.82, 2.24) is 5.32 Å². The fourth-order valence-electron chi connectivity index (χ4n) is 6.08. The van der Waals surface area contributed by atoms with Crippen LogP contribution >= 0.6 is 12.2 Å². The number of rotatable bonds is 5. The van der Waals surface area contributed by atoms with Gasteiger partial charge in [-0.25, -0.2) is 0 Å². The number of nitrogens with one attached hydrogen (secondary N) is 1. The highest BCUT2D eigenvalue weighted by molar-refractivity contribution is 7.80. The van der Waals surface area contributed by atoms with Crippen LogP contribution in [0.3, 0.4) is 0 Å². The van der Waals surface area contributed by atoms with Gasteiger partial charge in [0.15, 0.2) is 0 Å². The number of hydrogen-bond acceptors (Lipinski definition) is 2. The van der Waals surface area contributed by atoms with Gasteiger partial charge in [0.05, 0.1) is 0 Å². The molecule has 1 aromatic carbocycles. The van der Waals surface area contributed by atoms with E-state index in [-0.39, 0.29) is 5.54 Å². The van der Waals surface area contributed by atoms with Crippen molar-refractivity contribution >= 4 is 17.4 Å². The molecule has 0 saturated heterocycles. The molecule has 4 saturated carbocycles. The third-order valence-corrected chi connectivity index (χ3v) is 6.97. The van der Waals surface area contributed by atoms with Crippen LogP contribution in [0.4, 0.5) is 0 Å². The summed E-state index contributed by atoms with van der Waals surface area (Å²) in [4.78, 5) is 0. The molecule has 25 heavy (non-hydrogen) atoms. The van der Waals surface area contributed by atoms with E-state index in [2.05, 4.69) is 43.4 Å². The number of hydrogen-bond donors (Lipinski definition) is 1. The molecule has 0 amide bonds. The Morgan fingerprint density at radius 3 is 2.20 bits per heavy atom. The summed E-state index contributed by atoms with van der Waals surface area (Å²) in [7, 11) is 0. The molecule has 1 unspecified atom stereocenters. The van der Waals surface area contributed by atoms with E-state index in [1.54, 1.807) is 0 Å². The van der Waals surface area contributed by atoms with E-state index in [4.69, 9.17) is 17.0 Å². The van der Waals surface area contributed by atoms with Crippen LogP contribution in [-0.4, -0.2) is 10.7 Å². The van der Waals surface area contributed by atoms with Crippen LogP contribution in [-0.2, 0) is 0 Å². The number of ether oxygens (including phenoxy) is 1. The number of benzene rings is 1. The van der Waals surface area contributed by atoms with Crippen molar-refractivity contribution in [3.63, 3.8) is 0 Å². The summed E-state index contributed by atoms with van der Waals surface area (Å²) in [5.41, 5.74) is 1.61. The highest BCUT2D eigenvalue weighted by Crippen LogP contribution is 2.55. The van der Waals surface area contributed by atoms with Crippen molar-refractivity contribution in [3.05, 3.63) is 29.8 Å². The molecule has 2 nitrogen and oxygen atoms in total. The molecular formula is C22H31NOS. The molecule has 0 spiro atoms. The maximum Gasteiger partial charge on any atom is 0.262 e. The molecule has 4 aliphatic carbocycles. The minimum Gasteiger partial charge on any atom is -0.432 e. The van der Waals surface area contributed by atoms with Crippen molar-refractivity contribution in [2.24, 2.45) is 17.8 Å². The maximum atomic E-state index is 5.97. The van der Waals surface area contributed by atoms with Gasteiger partial charge in [0.1, 0.15) is 5.75 Å². The van der Waals surface area contributed by atoms with Crippen LogP contribution in [0.2, 0.25) is 0 Å². The second-order valence-corrected chi connectivity index (χ2v) is 9.34. The topological polar surface area (TPSA) is 21.3 Å². The summed E-state index contributed by atoms with van der Waals surface area (Å²) >= 11 is 5.56. The first kappa shape index (κ1) is 17.3. The molecular weight excluding hydrogens is 326 g/mol. The SMILES string of the molecule is CCCC(C)c1ccc(OC(=S)NC23CC4CC(CC(C4)C2)C3)cc1. The summed E-state index contributed by atoms with van der Waals surface area (Å²) < 4.78 is 5.97. The van der Waals surface area contributed by atoms with Gasteiger partial charge in [-0.2, -0.15) is 0 Å². The highest BCUT2D eigenvalue weighted by Gasteiger charge is 2.51. The fraction of sp³-hybridized carbons (Fsp3) is 0.682. The Morgan fingerprint density at radius 1 is 1.12 bits per heavy atom. The summed E-state index contributed by atoms with van der Waals surface area (Å²) in [6.45, 7) is 4.53. The minimum absolute atomic E-state index is 0.224. The molecule has 4 aliphatic rings.